The zero-order valence-electron chi connectivity index (χ0n) is 16.6. The number of anilines is 1. The molecule has 1 amide bonds. The van der Waals surface area contributed by atoms with Crippen LogP contribution in [0.2, 0.25) is 0 Å². The predicted octanol–water partition coefficient (Wildman–Crippen LogP) is 1.79. The average Bonchev–Trinajstić information content (AvgIpc) is 3.37. The second-order valence-electron chi connectivity index (χ2n) is 8.00. The fourth-order valence-corrected chi connectivity index (χ4v) is 4.43. The van der Waals surface area contributed by atoms with E-state index in [0.717, 1.165) is 63.9 Å². The number of piperazine rings is 1. The third-order valence-electron chi connectivity index (χ3n) is 6.37. The fourth-order valence-electron chi connectivity index (χ4n) is 4.43. The maximum Gasteiger partial charge on any atom is 0.272 e. The maximum absolute atomic E-state index is 12.3. The third kappa shape index (κ3) is 2.94. The first kappa shape index (κ1) is 17.6. The molecule has 0 saturated carbocycles. The van der Waals surface area contributed by atoms with E-state index in [0.29, 0.717) is 11.7 Å². The Morgan fingerprint density at radius 2 is 1.89 bits per heavy atom. The second kappa shape index (κ2) is 6.81. The first-order valence-electron chi connectivity index (χ1n) is 10.2. The second-order valence-corrected chi connectivity index (χ2v) is 8.00. The quantitative estimate of drug-likeness (QED) is 0.811. The van der Waals surface area contributed by atoms with Gasteiger partial charge in [0.05, 0.1) is 13.2 Å². The van der Waals surface area contributed by atoms with Crippen molar-refractivity contribution in [2.45, 2.75) is 25.9 Å². The molecule has 0 bridgehead atoms. The molecule has 0 radical (unpaired) electrons. The summed E-state index contributed by atoms with van der Waals surface area (Å²) in [6.45, 7) is 8.38. The maximum atomic E-state index is 12.3. The summed E-state index contributed by atoms with van der Waals surface area (Å²) in [6, 6.07) is 8.99. The number of fused-ring (bicyclic) bond motifs is 2. The van der Waals surface area contributed by atoms with Crippen LogP contribution in [0.3, 0.4) is 0 Å². The summed E-state index contributed by atoms with van der Waals surface area (Å²) in [6.07, 6.45) is 1.02. The van der Waals surface area contributed by atoms with Crippen molar-refractivity contribution in [1.29, 1.82) is 0 Å². The molecule has 3 aliphatic heterocycles. The molecule has 4 heterocycles. The lowest BCUT2D eigenvalue weighted by atomic mass is 10.0. The molecule has 3 aliphatic rings. The Morgan fingerprint density at radius 1 is 1.07 bits per heavy atom. The average molecular weight is 381 g/mol. The minimum Gasteiger partial charge on any atom is -0.493 e. The molecule has 7 heteroatoms. The Labute approximate surface area is 165 Å². The standard InChI is InChI=1S/C21H27N5O2/c1-15(17-4-3-16-5-12-28-19(16)13-17)24-7-9-25(10-8-24)20-14-18-21(27)23(2)6-11-26(18)22-20/h3-4,13-15H,5-12H2,1-2H3. The molecule has 1 fully saturated rings. The number of aromatic nitrogens is 2. The lowest BCUT2D eigenvalue weighted by Crippen LogP contribution is -2.47. The Kier molecular flexibility index (Phi) is 4.27. The van der Waals surface area contributed by atoms with E-state index in [-0.39, 0.29) is 5.91 Å². The summed E-state index contributed by atoms with van der Waals surface area (Å²) < 4.78 is 7.60. The van der Waals surface area contributed by atoms with E-state index in [4.69, 9.17) is 4.74 Å². The van der Waals surface area contributed by atoms with Gasteiger partial charge in [-0.1, -0.05) is 12.1 Å². The third-order valence-corrected chi connectivity index (χ3v) is 6.37. The molecule has 5 rings (SSSR count). The number of hydrogen-bond donors (Lipinski definition) is 0. The van der Waals surface area contributed by atoms with Gasteiger partial charge in [-0.2, -0.15) is 5.10 Å². The van der Waals surface area contributed by atoms with Gasteiger partial charge >= 0.3 is 0 Å². The molecule has 7 nitrogen and oxygen atoms in total. The van der Waals surface area contributed by atoms with Gasteiger partial charge < -0.3 is 14.5 Å². The number of rotatable bonds is 3. The van der Waals surface area contributed by atoms with Gasteiger partial charge in [-0.25, -0.2) is 0 Å². The van der Waals surface area contributed by atoms with Gasteiger partial charge in [0.2, 0.25) is 0 Å². The molecule has 1 unspecified atom stereocenters. The van der Waals surface area contributed by atoms with E-state index < -0.39 is 0 Å². The largest absolute Gasteiger partial charge is 0.493 e. The van der Waals surface area contributed by atoms with Gasteiger partial charge in [0.15, 0.2) is 5.82 Å². The molecule has 0 spiro atoms. The van der Waals surface area contributed by atoms with Crippen molar-refractivity contribution in [1.82, 2.24) is 19.6 Å². The molecule has 28 heavy (non-hydrogen) atoms. The van der Waals surface area contributed by atoms with E-state index >= 15 is 0 Å². The van der Waals surface area contributed by atoms with Crippen molar-refractivity contribution in [2.75, 3.05) is 51.3 Å². The van der Waals surface area contributed by atoms with Crippen molar-refractivity contribution >= 4 is 11.7 Å². The molecule has 1 aromatic carbocycles. The minimum atomic E-state index is 0.0658. The molecule has 0 aliphatic carbocycles. The molecule has 2 aromatic rings. The number of benzene rings is 1. The van der Waals surface area contributed by atoms with E-state index in [9.17, 15) is 4.79 Å². The Hall–Kier alpha value is -2.54. The van der Waals surface area contributed by atoms with Gasteiger partial charge in [0.1, 0.15) is 11.4 Å². The van der Waals surface area contributed by atoms with Crippen molar-refractivity contribution < 1.29 is 9.53 Å². The smallest absolute Gasteiger partial charge is 0.272 e. The number of likely N-dealkylation sites (N-methyl/N-ethyl adjacent to an activating group) is 1. The summed E-state index contributed by atoms with van der Waals surface area (Å²) in [4.78, 5) is 18.9. The van der Waals surface area contributed by atoms with Crippen LogP contribution in [0.1, 0.15) is 34.6 Å². The van der Waals surface area contributed by atoms with Crippen molar-refractivity contribution in [2.24, 2.45) is 0 Å². The van der Waals surface area contributed by atoms with Crippen molar-refractivity contribution in [3.63, 3.8) is 0 Å². The van der Waals surface area contributed by atoms with Crippen LogP contribution < -0.4 is 9.64 Å². The lowest BCUT2D eigenvalue weighted by molar-refractivity contribution is 0.0743. The van der Waals surface area contributed by atoms with E-state index in [1.807, 2.05) is 17.8 Å². The Balaban J connectivity index is 1.25. The highest BCUT2D eigenvalue weighted by molar-refractivity contribution is 5.93. The number of carbonyl (C=O) groups is 1. The highest BCUT2D eigenvalue weighted by Crippen LogP contribution is 2.31. The summed E-state index contributed by atoms with van der Waals surface area (Å²) in [5, 5.41) is 4.69. The van der Waals surface area contributed by atoms with Gasteiger partial charge in [-0.3, -0.25) is 14.4 Å². The monoisotopic (exact) mass is 381 g/mol. The number of ether oxygens (including phenoxy) is 1. The zero-order valence-corrected chi connectivity index (χ0v) is 16.6. The molecule has 148 valence electrons. The highest BCUT2D eigenvalue weighted by atomic mass is 16.5. The molecular formula is C21H27N5O2. The van der Waals surface area contributed by atoms with E-state index in [2.05, 4.69) is 40.0 Å². The topological polar surface area (TPSA) is 53.8 Å². The summed E-state index contributed by atoms with van der Waals surface area (Å²) in [5.74, 6) is 2.05. The molecule has 1 saturated heterocycles. The van der Waals surface area contributed by atoms with Crippen LogP contribution in [0, 0.1) is 0 Å². The van der Waals surface area contributed by atoms with Crippen LogP contribution >= 0.6 is 0 Å². The van der Waals surface area contributed by atoms with Gasteiger partial charge in [0.25, 0.3) is 5.91 Å². The summed E-state index contributed by atoms with van der Waals surface area (Å²) in [5.41, 5.74) is 3.35. The molecule has 1 aromatic heterocycles. The van der Waals surface area contributed by atoms with Crippen LogP contribution in [-0.2, 0) is 13.0 Å². The Bertz CT molecular complexity index is 900. The first-order chi connectivity index (χ1) is 13.6. The van der Waals surface area contributed by atoms with Crippen LogP contribution in [0.4, 0.5) is 5.82 Å². The SMILES string of the molecule is CC(c1ccc2c(c1)OCC2)N1CCN(c2cc3n(n2)CCN(C)C3=O)CC1. The minimum absolute atomic E-state index is 0.0658. The number of hydrogen-bond acceptors (Lipinski definition) is 5. The first-order valence-corrected chi connectivity index (χ1v) is 10.2. The molecule has 0 N–H and O–H groups in total. The van der Waals surface area contributed by atoms with Crippen molar-refractivity contribution in [3.05, 3.63) is 41.1 Å². The summed E-state index contributed by atoms with van der Waals surface area (Å²) >= 11 is 0. The highest BCUT2D eigenvalue weighted by Gasteiger charge is 2.28. The van der Waals surface area contributed by atoms with Gasteiger partial charge in [-0.15, -0.1) is 0 Å². The zero-order chi connectivity index (χ0) is 19.3. The van der Waals surface area contributed by atoms with Crippen LogP contribution in [0.15, 0.2) is 24.3 Å². The molecular weight excluding hydrogens is 354 g/mol. The predicted molar refractivity (Wildman–Crippen MR) is 107 cm³/mol. The number of amides is 1. The van der Waals surface area contributed by atoms with E-state index in [1.54, 1.807) is 4.90 Å². The summed E-state index contributed by atoms with van der Waals surface area (Å²) in [7, 11) is 1.85. The van der Waals surface area contributed by atoms with Crippen LogP contribution in [0.5, 0.6) is 5.75 Å². The van der Waals surface area contributed by atoms with Gasteiger partial charge in [0, 0.05) is 58.3 Å². The van der Waals surface area contributed by atoms with Crippen LogP contribution in [-0.4, -0.2) is 71.9 Å². The molecule has 1 atom stereocenters. The van der Waals surface area contributed by atoms with Gasteiger partial charge in [-0.05, 0) is 24.1 Å². The normalized spacial score (nSPS) is 20.7. The van der Waals surface area contributed by atoms with E-state index in [1.165, 1.54) is 11.1 Å². The van der Waals surface area contributed by atoms with Crippen LogP contribution in [0.25, 0.3) is 0 Å². The number of carbonyl (C=O) groups excluding carboxylic acids is 1. The fraction of sp³-hybridized carbons (Fsp3) is 0.524. The lowest BCUT2D eigenvalue weighted by Gasteiger charge is -2.38. The van der Waals surface area contributed by atoms with Crippen molar-refractivity contribution in [3.8, 4) is 5.75 Å². The number of nitrogens with zero attached hydrogens (tertiary/aromatic N) is 5. The Morgan fingerprint density at radius 3 is 2.71 bits per heavy atom.